The van der Waals surface area contributed by atoms with E-state index in [-0.39, 0.29) is 5.78 Å². The minimum absolute atomic E-state index is 0.151. The highest BCUT2D eigenvalue weighted by molar-refractivity contribution is 6.37. The fourth-order valence-electron chi connectivity index (χ4n) is 4.37. The lowest BCUT2D eigenvalue weighted by Crippen LogP contribution is -2.34. The SMILES string of the molecule is C=C(c1ccc(Cl)c(Cc2cc3c(C)cc(C(=O)CC)cc3n2C)c1Cl)N1CCOCC1. The lowest BCUT2D eigenvalue weighted by Gasteiger charge is -2.31. The summed E-state index contributed by atoms with van der Waals surface area (Å²) in [5, 5.41) is 2.41. The van der Waals surface area contributed by atoms with Crippen molar-refractivity contribution in [3.8, 4) is 0 Å². The molecule has 0 amide bonds. The van der Waals surface area contributed by atoms with E-state index in [2.05, 4.69) is 22.1 Å². The minimum Gasteiger partial charge on any atom is -0.378 e. The maximum absolute atomic E-state index is 12.3. The van der Waals surface area contributed by atoms with E-state index in [1.165, 1.54) is 0 Å². The number of ketones is 1. The van der Waals surface area contributed by atoms with E-state index in [0.29, 0.717) is 36.1 Å². The maximum atomic E-state index is 12.3. The molecule has 6 heteroatoms. The normalized spacial score (nSPS) is 14.2. The fourth-order valence-corrected chi connectivity index (χ4v) is 4.98. The molecule has 4 rings (SSSR count). The Morgan fingerprint density at radius 3 is 2.56 bits per heavy atom. The average molecular weight is 471 g/mol. The second kappa shape index (κ2) is 9.30. The van der Waals surface area contributed by atoms with E-state index in [1.807, 2.05) is 45.2 Å². The number of fused-ring (bicyclic) bond motifs is 1. The third-order valence-electron chi connectivity index (χ3n) is 6.36. The number of carbonyl (C=O) groups excluding carboxylic acids is 1. The first-order chi connectivity index (χ1) is 15.3. The largest absolute Gasteiger partial charge is 0.378 e. The Kier molecular flexibility index (Phi) is 6.66. The van der Waals surface area contributed by atoms with E-state index in [4.69, 9.17) is 27.9 Å². The first-order valence-corrected chi connectivity index (χ1v) is 11.7. The molecule has 1 aliphatic heterocycles. The Morgan fingerprint density at radius 1 is 1.16 bits per heavy atom. The predicted octanol–water partition coefficient (Wildman–Crippen LogP) is 6.28. The smallest absolute Gasteiger partial charge is 0.162 e. The van der Waals surface area contributed by atoms with Crippen LogP contribution in [0.4, 0.5) is 0 Å². The number of ether oxygens (including phenoxy) is 1. The van der Waals surface area contributed by atoms with Crippen molar-refractivity contribution in [3.63, 3.8) is 0 Å². The van der Waals surface area contributed by atoms with Crippen LogP contribution in [0.2, 0.25) is 10.0 Å². The molecule has 168 valence electrons. The second-order valence-electron chi connectivity index (χ2n) is 8.31. The number of benzene rings is 2. The third-order valence-corrected chi connectivity index (χ3v) is 7.14. The number of hydrogen-bond donors (Lipinski definition) is 0. The van der Waals surface area contributed by atoms with Gasteiger partial charge in [-0.3, -0.25) is 4.79 Å². The number of aromatic nitrogens is 1. The standard InChI is InChI=1S/C26H28Cl2N2O2/c1-5-25(31)18-12-16(2)21-14-19(29(4)24(21)13-18)15-22-23(27)7-6-20(26(22)28)17(3)30-8-10-32-11-9-30/h6-7,12-14H,3,5,8-11,15H2,1-2,4H3. The molecule has 2 heterocycles. The molecule has 0 radical (unpaired) electrons. The van der Waals surface area contributed by atoms with Gasteiger partial charge in [-0.2, -0.15) is 0 Å². The van der Waals surface area contributed by atoms with Gasteiger partial charge in [-0.05, 0) is 48.4 Å². The van der Waals surface area contributed by atoms with Crippen LogP contribution in [0.5, 0.6) is 0 Å². The van der Waals surface area contributed by atoms with Crippen molar-refractivity contribution in [2.75, 3.05) is 26.3 Å². The molecule has 0 saturated carbocycles. The summed E-state index contributed by atoms with van der Waals surface area (Å²) in [7, 11) is 2.02. The zero-order valence-electron chi connectivity index (χ0n) is 18.8. The van der Waals surface area contributed by atoms with Gasteiger partial charge in [0.2, 0.25) is 0 Å². The van der Waals surface area contributed by atoms with E-state index in [0.717, 1.165) is 57.6 Å². The van der Waals surface area contributed by atoms with Gasteiger partial charge in [0, 0.05) is 71.4 Å². The Bertz CT molecular complexity index is 1210. The highest BCUT2D eigenvalue weighted by Crippen LogP contribution is 2.36. The highest BCUT2D eigenvalue weighted by Gasteiger charge is 2.20. The first-order valence-electron chi connectivity index (χ1n) is 10.9. The van der Waals surface area contributed by atoms with Gasteiger partial charge in [0.15, 0.2) is 5.78 Å². The zero-order chi connectivity index (χ0) is 23.0. The van der Waals surface area contributed by atoms with E-state index >= 15 is 0 Å². The maximum Gasteiger partial charge on any atom is 0.162 e. The number of aryl methyl sites for hydroxylation is 2. The number of rotatable bonds is 6. The van der Waals surface area contributed by atoms with Crippen LogP contribution in [0.15, 0.2) is 36.9 Å². The molecule has 0 bridgehead atoms. The van der Waals surface area contributed by atoms with Crippen molar-refractivity contribution in [2.24, 2.45) is 7.05 Å². The monoisotopic (exact) mass is 470 g/mol. The van der Waals surface area contributed by atoms with Crippen molar-refractivity contribution in [2.45, 2.75) is 26.7 Å². The topological polar surface area (TPSA) is 34.5 Å². The Balaban J connectivity index is 1.72. The molecule has 0 atom stereocenters. The number of hydrogen-bond acceptors (Lipinski definition) is 3. The average Bonchev–Trinajstić information content (AvgIpc) is 3.12. The Hall–Kier alpha value is -2.27. The summed E-state index contributed by atoms with van der Waals surface area (Å²) in [6, 6.07) is 9.97. The number of nitrogens with zero attached hydrogens (tertiary/aromatic N) is 2. The molecule has 0 N–H and O–H groups in total. The molecule has 1 aromatic heterocycles. The number of Topliss-reactive ketones (excluding diaryl/α,β-unsaturated/α-hetero) is 1. The van der Waals surface area contributed by atoms with Crippen LogP contribution in [0.3, 0.4) is 0 Å². The summed E-state index contributed by atoms with van der Waals surface area (Å²) in [6.45, 7) is 11.2. The quantitative estimate of drug-likeness (QED) is 0.397. The molecule has 1 saturated heterocycles. The molecule has 1 aliphatic rings. The van der Waals surface area contributed by atoms with Crippen molar-refractivity contribution < 1.29 is 9.53 Å². The summed E-state index contributed by atoms with van der Waals surface area (Å²) in [4.78, 5) is 14.5. The van der Waals surface area contributed by atoms with Crippen LogP contribution in [-0.2, 0) is 18.2 Å². The molecule has 0 unspecified atom stereocenters. The summed E-state index contributed by atoms with van der Waals surface area (Å²) >= 11 is 13.5. The number of carbonyl (C=O) groups is 1. The van der Waals surface area contributed by atoms with Crippen molar-refractivity contribution in [1.29, 1.82) is 0 Å². The number of morpholine rings is 1. The summed E-state index contributed by atoms with van der Waals surface area (Å²) in [6.07, 6.45) is 1.08. The van der Waals surface area contributed by atoms with Crippen LogP contribution >= 0.6 is 23.2 Å². The van der Waals surface area contributed by atoms with Crippen molar-refractivity contribution in [3.05, 3.63) is 74.9 Å². The summed E-state index contributed by atoms with van der Waals surface area (Å²) < 4.78 is 7.59. The molecule has 4 nitrogen and oxygen atoms in total. The van der Waals surface area contributed by atoms with Gasteiger partial charge in [0.05, 0.1) is 18.2 Å². The van der Waals surface area contributed by atoms with E-state index in [1.54, 1.807) is 0 Å². The van der Waals surface area contributed by atoms with Crippen LogP contribution in [-0.4, -0.2) is 41.6 Å². The molecule has 1 fully saturated rings. The first kappa shape index (κ1) is 22.9. The molecular weight excluding hydrogens is 443 g/mol. The van der Waals surface area contributed by atoms with Gasteiger partial charge in [-0.25, -0.2) is 0 Å². The fraction of sp³-hybridized carbons (Fsp3) is 0.346. The number of halogens is 2. The van der Waals surface area contributed by atoms with E-state index < -0.39 is 0 Å². The van der Waals surface area contributed by atoms with E-state index in [9.17, 15) is 4.79 Å². The summed E-state index contributed by atoms with van der Waals surface area (Å²) in [5.74, 6) is 0.151. The Morgan fingerprint density at radius 2 is 1.88 bits per heavy atom. The van der Waals surface area contributed by atoms with Crippen LogP contribution in [0.1, 0.15) is 46.1 Å². The minimum atomic E-state index is 0.151. The van der Waals surface area contributed by atoms with Crippen molar-refractivity contribution in [1.82, 2.24) is 9.47 Å². The summed E-state index contributed by atoms with van der Waals surface area (Å²) in [5.41, 5.74) is 6.65. The molecular formula is C26H28Cl2N2O2. The molecule has 32 heavy (non-hydrogen) atoms. The van der Waals surface area contributed by atoms with Crippen molar-refractivity contribution >= 4 is 45.6 Å². The van der Waals surface area contributed by atoms with Crippen LogP contribution in [0, 0.1) is 6.92 Å². The van der Waals surface area contributed by atoms with Gasteiger partial charge in [-0.1, -0.05) is 36.7 Å². The van der Waals surface area contributed by atoms with Gasteiger partial charge in [-0.15, -0.1) is 0 Å². The van der Waals surface area contributed by atoms with Gasteiger partial charge < -0.3 is 14.2 Å². The van der Waals surface area contributed by atoms with Gasteiger partial charge >= 0.3 is 0 Å². The molecule has 0 aliphatic carbocycles. The lowest BCUT2D eigenvalue weighted by atomic mass is 10.0. The third kappa shape index (κ3) is 4.19. The molecule has 2 aromatic carbocycles. The lowest BCUT2D eigenvalue weighted by molar-refractivity contribution is 0.0641. The zero-order valence-corrected chi connectivity index (χ0v) is 20.3. The highest BCUT2D eigenvalue weighted by atomic mass is 35.5. The second-order valence-corrected chi connectivity index (χ2v) is 9.09. The predicted molar refractivity (Wildman–Crippen MR) is 133 cm³/mol. The Labute approximate surface area is 199 Å². The molecule has 3 aromatic rings. The van der Waals surface area contributed by atoms with Crippen LogP contribution < -0.4 is 0 Å². The molecule has 0 spiro atoms. The van der Waals surface area contributed by atoms with Crippen LogP contribution in [0.25, 0.3) is 16.6 Å². The van der Waals surface area contributed by atoms with Gasteiger partial charge in [0.1, 0.15) is 0 Å². The van der Waals surface area contributed by atoms with Gasteiger partial charge in [0.25, 0.3) is 0 Å².